The first-order chi connectivity index (χ1) is 14.6. The lowest BCUT2D eigenvalue weighted by Crippen LogP contribution is -2.45. The number of fused-ring (bicyclic) bond motifs is 3. The van der Waals surface area contributed by atoms with E-state index in [2.05, 4.69) is 18.3 Å². The minimum absolute atomic E-state index is 0.0519. The quantitative estimate of drug-likeness (QED) is 0.466. The highest BCUT2D eigenvalue weighted by molar-refractivity contribution is 5.72. The number of alkyl halides is 2. The van der Waals surface area contributed by atoms with Crippen LogP contribution in [0.4, 0.5) is 13.6 Å². The summed E-state index contributed by atoms with van der Waals surface area (Å²) in [5, 5.41) is 2.68. The monoisotopic (exact) mass is 435 g/mol. The number of carbonyl (C=O) groups excluding carboxylic acids is 1. The van der Waals surface area contributed by atoms with E-state index in [1.54, 1.807) is 0 Å². The van der Waals surface area contributed by atoms with E-state index in [9.17, 15) is 4.79 Å². The van der Waals surface area contributed by atoms with Crippen molar-refractivity contribution in [2.45, 2.75) is 90.6 Å². The molecule has 0 aromatic heterocycles. The van der Waals surface area contributed by atoms with Crippen molar-refractivity contribution in [3.05, 3.63) is 34.9 Å². The first-order valence-electron chi connectivity index (χ1n) is 11.5. The number of nitrogens with one attached hydrogen (secondary N) is 1. The Morgan fingerprint density at radius 3 is 2.71 bits per heavy atom. The lowest BCUT2D eigenvalue weighted by molar-refractivity contribution is -0.0184. The van der Waals surface area contributed by atoms with Crippen molar-refractivity contribution >= 4 is 6.09 Å². The number of allylic oxidation sites excluding steroid dienone is 2. The Hall–Kier alpha value is -2.11. The van der Waals surface area contributed by atoms with Gasteiger partial charge in [0.2, 0.25) is 0 Å². The molecule has 6 heteroatoms. The van der Waals surface area contributed by atoms with Crippen LogP contribution < -0.4 is 14.8 Å². The Morgan fingerprint density at radius 1 is 1.29 bits per heavy atom. The summed E-state index contributed by atoms with van der Waals surface area (Å²) in [7, 11) is 0. The van der Waals surface area contributed by atoms with Crippen LogP contribution in [0.2, 0.25) is 0 Å². The molecule has 1 heterocycles. The number of benzene rings is 1. The Morgan fingerprint density at radius 2 is 2.03 bits per heavy atom. The van der Waals surface area contributed by atoms with Crippen LogP contribution >= 0.6 is 0 Å². The van der Waals surface area contributed by atoms with Gasteiger partial charge in [0.1, 0.15) is 17.1 Å². The van der Waals surface area contributed by atoms with Crippen molar-refractivity contribution in [3.8, 4) is 11.5 Å². The van der Waals surface area contributed by atoms with Crippen LogP contribution in [0.5, 0.6) is 11.5 Å². The van der Waals surface area contributed by atoms with Gasteiger partial charge >= 0.3 is 6.09 Å². The molecule has 0 saturated heterocycles. The number of hydrogen-bond acceptors (Lipinski definition) is 3. The summed E-state index contributed by atoms with van der Waals surface area (Å²) in [5.74, 6) is -2.19. The first-order valence-corrected chi connectivity index (χ1v) is 11.5. The molecule has 1 aromatic rings. The minimum Gasteiger partial charge on any atom is -0.487 e. The first kappa shape index (κ1) is 23.6. The van der Waals surface area contributed by atoms with Crippen LogP contribution in [0.1, 0.15) is 90.2 Å². The third-order valence-electron chi connectivity index (χ3n) is 6.48. The van der Waals surface area contributed by atoms with Gasteiger partial charge in [0.25, 0.3) is 5.92 Å². The second kappa shape index (κ2) is 9.17. The Balaban J connectivity index is 2.10. The van der Waals surface area contributed by atoms with E-state index in [1.807, 2.05) is 27.7 Å². The molecule has 2 atom stereocenters. The van der Waals surface area contributed by atoms with Crippen molar-refractivity contribution < 1.29 is 23.0 Å². The molecule has 1 N–H and O–H groups in total. The number of carbonyl (C=O) groups is 1. The fourth-order valence-electron chi connectivity index (χ4n) is 4.75. The fourth-order valence-corrected chi connectivity index (χ4v) is 4.75. The molecule has 0 saturated carbocycles. The molecule has 0 radical (unpaired) electrons. The van der Waals surface area contributed by atoms with Crippen molar-refractivity contribution in [2.24, 2.45) is 5.92 Å². The summed E-state index contributed by atoms with van der Waals surface area (Å²) in [6, 6.07) is 2.82. The molecule has 0 unspecified atom stereocenters. The molecule has 4 nitrogen and oxygen atoms in total. The van der Waals surface area contributed by atoms with Crippen LogP contribution in [0, 0.1) is 5.92 Å². The number of amides is 1. The van der Waals surface area contributed by atoms with E-state index in [-0.39, 0.29) is 29.6 Å². The van der Waals surface area contributed by atoms with Gasteiger partial charge in [0.15, 0.2) is 0 Å². The number of unbranched alkanes of at least 4 members (excludes halogenated alkanes) is 1. The second-order valence-corrected chi connectivity index (χ2v) is 9.42. The molecular weight excluding hydrogens is 400 g/mol. The maximum absolute atomic E-state index is 15.0. The van der Waals surface area contributed by atoms with Gasteiger partial charge < -0.3 is 14.8 Å². The Bertz CT molecular complexity index is 847. The zero-order valence-electron chi connectivity index (χ0n) is 19.3. The van der Waals surface area contributed by atoms with E-state index in [0.29, 0.717) is 25.1 Å². The Labute approximate surface area is 184 Å². The summed E-state index contributed by atoms with van der Waals surface area (Å²) >= 11 is 0. The predicted octanol–water partition coefficient (Wildman–Crippen LogP) is 7.08. The van der Waals surface area contributed by atoms with Crippen molar-refractivity contribution in [1.82, 2.24) is 5.32 Å². The SMILES string of the molecule is CCCCC(F)(F)c1cc(OC(=O)NCCC)c2c(c1)OC(C)(C)[C@@H]1CC=C(C)C[C@@H]21. The number of rotatable bonds is 7. The smallest absolute Gasteiger partial charge is 0.412 e. The van der Waals surface area contributed by atoms with E-state index in [4.69, 9.17) is 9.47 Å². The van der Waals surface area contributed by atoms with Crippen LogP contribution in [0.15, 0.2) is 23.8 Å². The molecule has 3 rings (SSSR count). The molecule has 0 bridgehead atoms. The third-order valence-corrected chi connectivity index (χ3v) is 6.48. The Kier molecular flexibility index (Phi) is 6.97. The van der Waals surface area contributed by atoms with Crippen molar-refractivity contribution in [2.75, 3.05) is 6.54 Å². The van der Waals surface area contributed by atoms with Gasteiger partial charge in [-0.1, -0.05) is 31.9 Å². The number of ether oxygens (including phenoxy) is 2. The highest BCUT2D eigenvalue weighted by atomic mass is 19.3. The summed E-state index contributed by atoms with van der Waals surface area (Å²) in [4.78, 5) is 12.4. The van der Waals surface area contributed by atoms with E-state index in [1.165, 1.54) is 17.7 Å². The molecule has 31 heavy (non-hydrogen) atoms. The van der Waals surface area contributed by atoms with Crippen LogP contribution in [0.3, 0.4) is 0 Å². The molecule has 1 aromatic carbocycles. The molecule has 0 fully saturated rings. The lowest BCUT2D eigenvalue weighted by Gasteiger charge is -2.47. The largest absolute Gasteiger partial charge is 0.487 e. The van der Waals surface area contributed by atoms with Gasteiger partial charge in [-0.25, -0.2) is 13.6 Å². The summed E-state index contributed by atoms with van der Waals surface area (Å²) in [6.45, 7) is 10.4. The van der Waals surface area contributed by atoms with Crippen molar-refractivity contribution in [1.29, 1.82) is 0 Å². The van der Waals surface area contributed by atoms with Crippen molar-refractivity contribution in [3.63, 3.8) is 0 Å². The van der Waals surface area contributed by atoms with Crippen LogP contribution in [-0.4, -0.2) is 18.2 Å². The predicted molar refractivity (Wildman–Crippen MR) is 118 cm³/mol. The molecule has 2 aliphatic rings. The number of halogens is 2. The normalized spacial score (nSPS) is 22.0. The van der Waals surface area contributed by atoms with E-state index >= 15 is 8.78 Å². The average molecular weight is 436 g/mol. The lowest BCUT2D eigenvalue weighted by atomic mass is 9.67. The highest BCUT2D eigenvalue weighted by Crippen LogP contribution is 2.55. The van der Waals surface area contributed by atoms with Crippen LogP contribution in [0.25, 0.3) is 0 Å². The zero-order valence-corrected chi connectivity index (χ0v) is 19.3. The topological polar surface area (TPSA) is 47.6 Å². The summed E-state index contributed by atoms with van der Waals surface area (Å²) < 4.78 is 41.9. The molecule has 1 aliphatic heterocycles. The maximum atomic E-state index is 15.0. The molecular formula is C25H35F2NO3. The molecule has 1 aliphatic carbocycles. The third kappa shape index (κ3) is 5.04. The molecule has 1 amide bonds. The summed E-state index contributed by atoms with van der Waals surface area (Å²) in [5.41, 5.74) is 1.32. The zero-order chi connectivity index (χ0) is 22.8. The van der Waals surface area contributed by atoms with Gasteiger partial charge in [0, 0.05) is 35.9 Å². The minimum atomic E-state index is -3.02. The maximum Gasteiger partial charge on any atom is 0.412 e. The summed E-state index contributed by atoms with van der Waals surface area (Å²) in [6.07, 6.45) is 4.85. The molecule has 0 spiro atoms. The van der Waals surface area contributed by atoms with E-state index < -0.39 is 17.6 Å². The van der Waals surface area contributed by atoms with Gasteiger partial charge in [-0.3, -0.25) is 0 Å². The van der Waals surface area contributed by atoms with Gasteiger partial charge in [-0.05, 0) is 58.6 Å². The van der Waals surface area contributed by atoms with E-state index in [0.717, 1.165) is 24.8 Å². The average Bonchev–Trinajstić information content (AvgIpc) is 2.69. The standard InChI is InChI=1S/C25H35F2NO3/c1-6-8-11-25(26,27)17-14-20(30-23(29)28-12-7-2)22-18-13-16(3)9-10-19(18)24(4,5)31-21(22)15-17/h9,14-15,18-19H,6-8,10-13H2,1-5H3,(H,28,29)/t18-,19-/m1/s1. The van der Waals surface area contributed by atoms with Crippen LogP contribution in [-0.2, 0) is 5.92 Å². The molecule has 172 valence electrons. The second-order valence-electron chi connectivity index (χ2n) is 9.42. The van der Waals surface area contributed by atoms with Gasteiger partial charge in [0.05, 0.1) is 0 Å². The van der Waals surface area contributed by atoms with Gasteiger partial charge in [-0.15, -0.1) is 0 Å². The highest BCUT2D eigenvalue weighted by Gasteiger charge is 2.47. The number of hydrogen-bond donors (Lipinski definition) is 1. The fraction of sp³-hybridized carbons (Fsp3) is 0.640. The van der Waals surface area contributed by atoms with Gasteiger partial charge in [-0.2, -0.15) is 0 Å².